The maximum absolute atomic E-state index is 6.07. The van der Waals surface area contributed by atoms with Crippen molar-refractivity contribution >= 4 is 38.9 Å². The van der Waals surface area contributed by atoms with Crippen LogP contribution in [0, 0.1) is 0 Å². The van der Waals surface area contributed by atoms with Crippen LogP contribution in [0.3, 0.4) is 0 Å². The van der Waals surface area contributed by atoms with Gasteiger partial charge in [-0.25, -0.2) is 9.97 Å². The first-order chi connectivity index (χ1) is 9.19. The third-order valence-electron chi connectivity index (χ3n) is 3.40. The van der Waals surface area contributed by atoms with E-state index in [1.165, 1.54) is 23.3 Å². The lowest BCUT2D eigenvalue weighted by molar-refractivity contribution is 0.488. The molecule has 1 unspecified atom stereocenters. The van der Waals surface area contributed by atoms with Gasteiger partial charge in [-0.15, -0.1) is 11.3 Å². The van der Waals surface area contributed by atoms with E-state index in [0.717, 1.165) is 38.0 Å². The highest BCUT2D eigenvalue weighted by Crippen LogP contribution is 2.37. The summed E-state index contributed by atoms with van der Waals surface area (Å²) in [5.41, 5.74) is 2.40. The Morgan fingerprint density at radius 3 is 3.05 bits per heavy atom. The van der Waals surface area contributed by atoms with Crippen molar-refractivity contribution < 1.29 is 0 Å². The summed E-state index contributed by atoms with van der Waals surface area (Å²) in [5, 5.41) is 3.33. The molecule has 0 radical (unpaired) electrons. The molecule has 1 aliphatic carbocycles. The summed E-state index contributed by atoms with van der Waals surface area (Å²) >= 11 is 11.0. The van der Waals surface area contributed by atoms with Crippen molar-refractivity contribution in [2.24, 2.45) is 0 Å². The average molecular weight is 359 g/mol. The number of nitrogens with zero attached hydrogens (tertiary/aromatic N) is 2. The molecule has 2 aromatic heterocycles. The molecular weight excluding hydrogens is 346 g/mol. The smallest absolute Gasteiger partial charge is 0.169 e. The van der Waals surface area contributed by atoms with Crippen molar-refractivity contribution in [1.29, 1.82) is 0 Å². The second kappa shape index (κ2) is 5.48. The summed E-state index contributed by atoms with van der Waals surface area (Å²) in [7, 11) is 1.99. The first-order valence-corrected chi connectivity index (χ1v) is 8.16. The molecule has 1 aliphatic rings. The van der Waals surface area contributed by atoms with Crippen LogP contribution < -0.4 is 5.32 Å². The van der Waals surface area contributed by atoms with Crippen LogP contribution in [0.1, 0.15) is 30.1 Å². The summed E-state index contributed by atoms with van der Waals surface area (Å²) in [6.07, 6.45) is 5.31. The Morgan fingerprint density at radius 1 is 1.53 bits per heavy atom. The quantitative estimate of drug-likeness (QED) is 0.873. The van der Waals surface area contributed by atoms with Gasteiger partial charge in [-0.2, -0.15) is 0 Å². The Hall–Kier alpha value is -0.490. The lowest BCUT2D eigenvalue weighted by atomic mass is 9.92. The van der Waals surface area contributed by atoms with Gasteiger partial charge in [0.25, 0.3) is 0 Å². The molecule has 2 aromatic rings. The van der Waals surface area contributed by atoms with Crippen LogP contribution in [-0.4, -0.2) is 17.0 Å². The zero-order valence-electron chi connectivity index (χ0n) is 10.4. The molecule has 3 nitrogen and oxygen atoms in total. The van der Waals surface area contributed by atoms with E-state index in [2.05, 4.69) is 26.2 Å². The number of aryl methyl sites for hydroxylation is 1. The number of fused-ring (bicyclic) bond motifs is 1. The second-order valence-corrected chi connectivity index (χ2v) is 7.07. The molecule has 0 saturated heterocycles. The van der Waals surface area contributed by atoms with E-state index >= 15 is 0 Å². The number of thiophene rings is 1. The molecule has 0 bridgehead atoms. The normalized spacial score (nSPS) is 18.4. The predicted octanol–water partition coefficient (Wildman–Crippen LogP) is 4.22. The zero-order valence-corrected chi connectivity index (χ0v) is 13.6. The lowest BCUT2D eigenvalue weighted by Crippen LogP contribution is -2.22. The van der Waals surface area contributed by atoms with E-state index in [0.29, 0.717) is 6.04 Å². The molecule has 0 amide bonds. The van der Waals surface area contributed by atoms with E-state index in [1.54, 1.807) is 0 Å². The van der Waals surface area contributed by atoms with Crippen LogP contribution in [0.5, 0.6) is 0 Å². The largest absolute Gasteiger partial charge is 0.313 e. The van der Waals surface area contributed by atoms with Crippen molar-refractivity contribution in [2.75, 3.05) is 7.05 Å². The number of aromatic nitrogens is 2. The lowest BCUT2D eigenvalue weighted by Gasteiger charge is -2.23. The van der Waals surface area contributed by atoms with Crippen molar-refractivity contribution in [3.05, 3.63) is 32.3 Å². The summed E-state index contributed by atoms with van der Waals surface area (Å²) in [6.45, 7) is 0. The summed E-state index contributed by atoms with van der Waals surface area (Å²) in [6, 6.07) is 2.36. The van der Waals surface area contributed by atoms with Crippen molar-refractivity contribution in [3.8, 4) is 10.7 Å². The number of rotatable bonds is 2. The van der Waals surface area contributed by atoms with Crippen LogP contribution in [0.25, 0.3) is 10.7 Å². The Labute approximate surface area is 129 Å². The minimum atomic E-state index is 0.386. The highest BCUT2D eigenvalue weighted by atomic mass is 79.9. The van der Waals surface area contributed by atoms with Crippen LogP contribution in [-0.2, 0) is 6.42 Å². The Kier molecular flexibility index (Phi) is 3.89. The zero-order chi connectivity index (χ0) is 13.4. The number of nitrogens with one attached hydrogen (secondary N) is 1. The predicted molar refractivity (Wildman–Crippen MR) is 82.8 cm³/mol. The van der Waals surface area contributed by atoms with Gasteiger partial charge < -0.3 is 5.32 Å². The molecule has 19 heavy (non-hydrogen) atoms. The van der Waals surface area contributed by atoms with Crippen molar-refractivity contribution in [2.45, 2.75) is 25.3 Å². The molecule has 1 atom stereocenters. The first kappa shape index (κ1) is 13.5. The fraction of sp³-hybridized carbons (Fsp3) is 0.385. The minimum Gasteiger partial charge on any atom is -0.313 e. The van der Waals surface area contributed by atoms with Gasteiger partial charge in [-0.3, -0.25) is 0 Å². The van der Waals surface area contributed by atoms with E-state index in [1.807, 2.05) is 19.3 Å². The minimum absolute atomic E-state index is 0.386. The Morgan fingerprint density at radius 2 is 2.37 bits per heavy atom. The Balaban J connectivity index is 2.01. The van der Waals surface area contributed by atoms with Gasteiger partial charge in [0.1, 0.15) is 4.34 Å². The molecule has 0 saturated carbocycles. The number of hydrogen-bond donors (Lipinski definition) is 1. The van der Waals surface area contributed by atoms with Crippen LogP contribution in [0.4, 0.5) is 0 Å². The van der Waals surface area contributed by atoms with Gasteiger partial charge in [0.05, 0.1) is 4.88 Å². The van der Waals surface area contributed by atoms with Crippen molar-refractivity contribution in [1.82, 2.24) is 15.3 Å². The van der Waals surface area contributed by atoms with Gasteiger partial charge in [-0.1, -0.05) is 11.6 Å². The fourth-order valence-electron chi connectivity index (χ4n) is 2.42. The number of halogens is 2. The van der Waals surface area contributed by atoms with E-state index in [-0.39, 0.29) is 0 Å². The summed E-state index contributed by atoms with van der Waals surface area (Å²) in [5.74, 6) is 0.771. The monoisotopic (exact) mass is 357 g/mol. The standard InChI is InChI=1S/C13H13BrClN3S/c1-16-9-3-2-4-10-7(9)6-17-13(18-10)11-5-8(14)12(15)19-11/h5-6,9,16H,2-4H2,1H3. The molecule has 100 valence electrons. The van der Waals surface area contributed by atoms with E-state index < -0.39 is 0 Å². The van der Waals surface area contributed by atoms with Crippen molar-refractivity contribution in [3.63, 3.8) is 0 Å². The van der Waals surface area contributed by atoms with Crippen LogP contribution in [0.2, 0.25) is 4.34 Å². The summed E-state index contributed by atoms with van der Waals surface area (Å²) in [4.78, 5) is 10.2. The van der Waals surface area contributed by atoms with Gasteiger partial charge in [0.15, 0.2) is 5.82 Å². The first-order valence-electron chi connectivity index (χ1n) is 6.17. The summed E-state index contributed by atoms with van der Waals surface area (Å²) < 4.78 is 1.65. The van der Waals surface area contributed by atoms with Gasteiger partial charge >= 0.3 is 0 Å². The SMILES string of the molecule is CNC1CCCc2nc(-c3cc(Br)c(Cl)s3)ncc21. The van der Waals surface area contributed by atoms with Gasteiger partial charge in [0.2, 0.25) is 0 Å². The Bertz CT molecular complexity index is 594. The molecule has 0 spiro atoms. The van der Waals surface area contributed by atoms with E-state index in [9.17, 15) is 0 Å². The average Bonchev–Trinajstić information content (AvgIpc) is 2.77. The molecule has 3 rings (SSSR count). The maximum atomic E-state index is 6.07. The fourth-order valence-corrected chi connectivity index (χ4v) is 4.07. The van der Waals surface area contributed by atoms with Gasteiger partial charge in [-0.05, 0) is 48.3 Å². The third-order valence-corrected chi connectivity index (χ3v) is 5.87. The molecule has 1 N–H and O–H groups in total. The molecular formula is C13H13BrClN3S. The molecule has 0 aliphatic heterocycles. The molecule has 0 aromatic carbocycles. The molecule has 0 fully saturated rings. The second-order valence-electron chi connectivity index (χ2n) is 4.56. The highest BCUT2D eigenvalue weighted by molar-refractivity contribution is 9.10. The maximum Gasteiger partial charge on any atom is 0.169 e. The van der Waals surface area contributed by atoms with E-state index in [4.69, 9.17) is 16.6 Å². The van der Waals surface area contributed by atoms with Gasteiger partial charge in [0, 0.05) is 28.0 Å². The molecule has 2 heterocycles. The van der Waals surface area contributed by atoms with Crippen LogP contribution >= 0.6 is 38.9 Å². The third kappa shape index (κ3) is 2.57. The molecule has 6 heteroatoms. The highest BCUT2D eigenvalue weighted by Gasteiger charge is 2.21. The topological polar surface area (TPSA) is 37.8 Å². The van der Waals surface area contributed by atoms with Crippen LogP contribution in [0.15, 0.2) is 16.7 Å². The number of hydrogen-bond acceptors (Lipinski definition) is 4.